The van der Waals surface area contributed by atoms with Gasteiger partial charge < -0.3 is 4.57 Å². The van der Waals surface area contributed by atoms with Gasteiger partial charge in [-0.1, -0.05) is 30.8 Å². The second-order valence-corrected chi connectivity index (χ2v) is 4.84. The average molecular weight is 264 g/mol. The number of non-ortho nitro benzene ring substituents is 1. The molecule has 0 aliphatic heterocycles. The molecule has 0 amide bonds. The Balaban J connectivity index is 2.42. The molecular formula is C11H12N4O2S. The molecule has 94 valence electrons. The van der Waals surface area contributed by atoms with Crippen molar-refractivity contribution in [1.29, 1.82) is 0 Å². The number of nitro groups is 1. The van der Waals surface area contributed by atoms with E-state index >= 15 is 0 Å². The maximum Gasteiger partial charge on any atom is 0.270 e. The Labute approximate surface area is 108 Å². The monoisotopic (exact) mass is 264 g/mol. The summed E-state index contributed by atoms with van der Waals surface area (Å²) in [5, 5.41) is 19.7. The van der Waals surface area contributed by atoms with Crippen LogP contribution in [-0.2, 0) is 7.05 Å². The van der Waals surface area contributed by atoms with Gasteiger partial charge in [0.1, 0.15) is 0 Å². The molecule has 1 aromatic heterocycles. The van der Waals surface area contributed by atoms with E-state index in [1.807, 2.05) is 18.5 Å². The highest BCUT2D eigenvalue weighted by Gasteiger charge is 2.13. The molecule has 0 spiro atoms. The molecule has 0 saturated carbocycles. The zero-order chi connectivity index (χ0) is 13.1. The smallest absolute Gasteiger partial charge is 0.270 e. The molecule has 1 heterocycles. The standard InChI is InChI=1S/C11H12N4O2S/c1-3-18-11-13-12-10(14(11)2)8-5-4-6-9(7-8)15(16)17/h4-7H,3H2,1-2H3. The van der Waals surface area contributed by atoms with Crippen LogP contribution in [0.4, 0.5) is 5.69 Å². The van der Waals surface area contributed by atoms with Crippen LogP contribution in [0, 0.1) is 10.1 Å². The van der Waals surface area contributed by atoms with Gasteiger partial charge in [0.05, 0.1) is 4.92 Å². The van der Waals surface area contributed by atoms with Gasteiger partial charge >= 0.3 is 0 Å². The van der Waals surface area contributed by atoms with Crippen LogP contribution in [0.15, 0.2) is 29.4 Å². The first-order valence-electron chi connectivity index (χ1n) is 5.40. The maximum absolute atomic E-state index is 10.7. The van der Waals surface area contributed by atoms with Crippen molar-refractivity contribution in [2.45, 2.75) is 12.1 Å². The largest absolute Gasteiger partial charge is 0.305 e. The molecule has 7 heteroatoms. The molecule has 6 nitrogen and oxygen atoms in total. The Kier molecular flexibility index (Phi) is 3.61. The number of benzene rings is 1. The molecule has 0 fully saturated rings. The van der Waals surface area contributed by atoms with E-state index in [0.29, 0.717) is 11.4 Å². The SMILES string of the molecule is CCSc1nnc(-c2cccc([N+](=O)[O-])c2)n1C. The minimum atomic E-state index is -0.415. The molecule has 2 rings (SSSR count). The van der Waals surface area contributed by atoms with Crippen molar-refractivity contribution in [2.75, 3.05) is 5.75 Å². The van der Waals surface area contributed by atoms with E-state index in [-0.39, 0.29) is 5.69 Å². The first kappa shape index (κ1) is 12.6. The van der Waals surface area contributed by atoms with Gasteiger partial charge in [-0.15, -0.1) is 10.2 Å². The van der Waals surface area contributed by atoms with Crippen molar-refractivity contribution in [2.24, 2.45) is 7.05 Å². The summed E-state index contributed by atoms with van der Waals surface area (Å²) in [6.45, 7) is 2.03. The molecule has 0 bridgehead atoms. The van der Waals surface area contributed by atoms with Crippen LogP contribution < -0.4 is 0 Å². The number of hydrogen-bond donors (Lipinski definition) is 0. The first-order chi connectivity index (χ1) is 8.63. The molecule has 0 aliphatic rings. The minimum Gasteiger partial charge on any atom is -0.305 e. The highest BCUT2D eigenvalue weighted by atomic mass is 32.2. The Morgan fingerprint density at radius 2 is 2.22 bits per heavy atom. The van der Waals surface area contributed by atoms with Gasteiger partial charge in [-0.2, -0.15) is 0 Å². The molecule has 2 aromatic rings. The van der Waals surface area contributed by atoms with Crippen molar-refractivity contribution >= 4 is 17.4 Å². The Hall–Kier alpha value is -1.89. The summed E-state index contributed by atoms with van der Waals surface area (Å²) >= 11 is 1.58. The normalized spacial score (nSPS) is 10.6. The number of nitrogens with zero attached hydrogens (tertiary/aromatic N) is 4. The van der Waals surface area contributed by atoms with Crippen molar-refractivity contribution < 1.29 is 4.92 Å². The molecule has 0 saturated heterocycles. The second kappa shape index (κ2) is 5.18. The molecule has 0 N–H and O–H groups in total. The van der Waals surface area contributed by atoms with Gasteiger partial charge in [0, 0.05) is 24.7 Å². The first-order valence-corrected chi connectivity index (χ1v) is 6.39. The summed E-state index contributed by atoms with van der Waals surface area (Å²) in [6, 6.07) is 6.40. The minimum absolute atomic E-state index is 0.0557. The second-order valence-electron chi connectivity index (χ2n) is 3.61. The Bertz CT molecular complexity index is 582. The highest BCUT2D eigenvalue weighted by Crippen LogP contribution is 2.25. The summed E-state index contributed by atoms with van der Waals surface area (Å²) in [7, 11) is 1.85. The number of aromatic nitrogens is 3. The van der Waals surface area contributed by atoms with E-state index < -0.39 is 4.92 Å². The van der Waals surface area contributed by atoms with E-state index in [4.69, 9.17) is 0 Å². The molecule has 1 aromatic carbocycles. The molecule has 0 radical (unpaired) electrons. The molecule has 0 atom stereocenters. The molecule has 0 unspecified atom stereocenters. The predicted octanol–water partition coefficient (Wildman–Crippen LogP) is 2.50. The lowest BCUT2D eigenvalue weighted by molar-refractivity contribution is -0.384. The summed E-state index contributed by atoms with van der Waals surface area (Å²) in [5.74, 6) is 1.54. The lowest BCUT2D eigenvalue weighted by Crippen LogP contribution is -1.95. The lowest BCUT2D eigenvalue weighted by Gasteiger charge is -2.02. The van der Waals surface area contributed by atoms with Crippen LogP contribution in [0.1, 0.15) is 6.92 Å². The third-order valence-electron chi connectivity index (χ3n) is 2.42. The fourth-order valence-electron chi connectivity index (χ4n) is 1.58. The fourth-order valence-corrected chi connectivity index (χ4v) is 2.22. The maximum atomic E-state index is 10.7. The van der Waals surface area contributed by atoms with Gasteiger partial charge in [-0.05, 0) is 5.75 Å². The van der Waals surface area contributed by atoms with Crippen LogP contribution in [0.2, 0.25) is 0 Å². The molecular weight excluding hydrogens is 252 g/mol. The fraction of sp³-hybridized carbons (Fsp3) is 0.273. The average Bonchev–Trinajstić information content (AvgIpc) is 2.72. The number of rotatable bonds is 4. The van der Waals surface area contributed by atoms with E-state index in [1.165, 1.54) is 12.1 Å². The highest BCUT2D eigenvalue weighted by molar-refractivity contribution is 7.99. The van der Waals surface area contributed by atoms with Crippen molar-refractivity contribution in [3.8, 4) is 11.4 Å². The third kappa shape index (κ3) is 2.35. The predicted molar refractivity (Wildman–Crippen MR) is 69.5 cm³/mol. The van der Waals surface area contributed by atoms with Crippen LogP contribution in [-0.4, -0.2) is 25.4 Å². The van der Waals surface area contributed by atoms with Crippen LogP contribution >= 0.6 is 11.8 Å². The quantitative estimate of drug-likeness (QED) is 0.482. The Morgan fingerprint density at radius 3 is 2.89 bits per heavy atom. The van der Waals surface area contributed by atoms with Gasteiger partial charge in [-0.25, -0.2) is 0 Å². The topological polar surface area (TPSA) is 73.8 Å². The molecule has 18 heavy (non-hydrogen) atoms. The van der Waals surface area contributed by atoms with E-state index in [1.54, 1.807) is 23.9 Å². The van der Waals surface area contributed by atoms with Crippen molar-refractivity contribution in [1.82, 2.24) is 14.8 Å². The van der Waals surface area contributed by atoms with E-state index in [2.05, 4.69) is 10.2 Å². The van der Waals surface area contributed by atoms with Gasteiger partial charge in [0.15, 0.2) is 11.0 Å². The Morgan fingerprint density at radius 1 is 1.44 bits per heavy atom. The van der Waals surface area contributed by atoms with Crippen LogP contribution in [0.3, 0.4) is 0 Å². The van der Waals surface area contributed by atoms with Gasteiger partial charge in [-0.3, -0.25) is 10.1 Å². The van der Waals surface area contributed by atoms with E-state index in [0.717, 1.165) is 10.9 Å². The molecule has 0 aliphatic carbocycles. The zero-order valence-electron chi connectivity index (χ0n) is 10.0. The van der Waals surface area contributed by atoms with Crippen LogP contribution in [0.5, 0.6) is 0 Å². The number of nitro benzene ring substituents is 1. The summed E-state index contributed by atoms with van der Waals surface area (Å²) in [6.07, 6.45) is 0. The number of thioether (sulfide) groups is 1. The summed E-state index contributed by atoms with van der Waals surface area (Å²) in [5.41, 5.74) is 0.752. The van der Waals surface area contributed by atoms with Gasteiger partial charge in [0.25, 0.3) is 5.69 Å². The van der Waals surface area contributed by atoms with E-state index in [9.17, 15) is 10.1 Å². The zero-order valence-corrected chi connectivity index (χ0v) is 10.8. The lowest BCUT2D eigenvalue weighted by atomic mass is 10.2. The third-order valence-corrected chi connectivity index (χ3v) is 3.33. The summed E-state index contributed by atoms with van der Waals surface area (Å²) < 4.78 is 1.84. The van der Waals surface area contributed by atoms with Crippen LogP contribution in [0.25, 0.3) is 11.4 Å². The van der Waals surface area contributed by atoms with Gasteiger partial charge in [0.2, 0.25) is 0 Å². The number of hydrogen-bond acceptors (Lipinski definition) is 5. The van der Waals surface area contributed by atoms with Crippen molar-refractivity contribution in [3.63, 3.8) is 0 Å². The van der Waals surface area contributed by atoms with Crippen molar-refractivity contribution in [3.05, 3.63) is 34.4 Å². The summed E-state index contributed by atoms with van der Waals surface area (Å²) in [4.78, 5) is 10.3.